The molecule has 1 aliphatic rings. The van der Waals surface area contributed by atoms with Gasteiger partial charge < -0.3 is 5.32 Å². The summed E-state index contributed by atoms with van der Waals surface area (Å²) in [7, 11) is 0. The smallest absolute Gasteiger partial charge is 0.0545 e. The topological polar surface area (TPSA) is 15.3 Å². The molecule has 78 valence electrons. The molecule has 1 saturated heterocycles. The number of hydrogen-bond donors (Lipinski definition) is 1. The average molecular weight is 231 g/mol. The lowest BCUT2D eigenvalue weighted by Crippen LogP contribution is -2.42. The van der Waals surface area contributed by atoms with Crippen molar-refractivity contribution in [3.8, 4) is 0 Å². The lowest BCUT2D eigenvalue weighted by atomic mass is 10.3. The van der Waals surface area contributed by atoms with Crippen LogP contribution in [-0.2, 0) is 6.54 Å². The summed E-state index contributed by atoms with van der Waals surface area (Å²) in [6, 6.07) is 2.10. The minimum absolute atomic E-state index is 0.917. The van der Waals surface area contributed by atoms with Crippen LogP contribution < -0.4 is 5.32 Å². The van der Waals surface area contributed by atoms with E-state index in [4.69, 9.17) is 11.6 Å². The van der Waals surface area contributed by atoms with Crippen molar-refractivity contribution in [2.45, 2.75) is 13.5 Å². The van der Waals surface area contributed by atoms with E-state index in [1.807, 2.05) is 11.3 Å². The van der Waals surface area contributed by atoms with Crippen LogP contribution in [0.3, 0.4) is 0 Å². The van der Waals surface area contributed by atoms with Crippen LogP contribution in [0.2, 0.25) is 5.02 Å². The maximum Gasteiger partial charge on any atom is 0.0545 e. The number of aryl methyl sites for hydroxylation is 1. The third-order valence-electron chi connectivity index (χ3n) is 2.50. The van der Waals surface area contributed by atoms with Gasteiger partial charge in [-0.05, 0) is 13.0 Å². The molecule has 2 nitrogen and oxygen atoms in total. The Kier molecular flexibility index (Phi) is 3.44. The van der Waals surface area contributed by atoms with Crippen molar-refractivity contribution in [3.05, 3.63) is 20.8 Å². The van der Waals surface area contributed by atoms with Gasteiger partial charge in [0.05, 0.1) is 5.02 Å². The van der Waals surface area contributed by atoms with Crippen LogP contribution >= 0.6 is 22.9 Å². The molecule has 0 aromatic carbocycles. The molecule has 14 heavy (non-hydrogen) atoms. The zero-order chi connectivity index (χ0) is 9.97. The second kappa shape index (κ2) is 4.62. The first-order chi connectivity index (χ1) is 6.75. The van der Waals surface area contributed by atoms with Crippen molar-refractivity contribution >= 4 is 22.9 Å². The SMILES string of the molecule is Cc1sc(CN2CCNCC2)cc1Cl. The molecule has 2 rings (SSSR count). The molecule has 0 aliphatic carbocycles. The van der Waals surface area contributed by atoms with Crippen molar-refractivity contribution in [3.63, 3.8) is 0 Å². The van der Waals surface area contributed by atoms with Gasteiger partial charge in [0.2, 0.25) is 0 Å². The predicted octanol–water partition coefficient (Wildman–Crippen LogP) is 2.12. The number of nitrogens with zero attached hydrogens (tertiary/aromatic N) is 1. The Balaban J connectivity index is 1.95. The van der Waals surface area contributed by atoms with Gasteiger partial charge in [-0.15, -0.1) is 11.3 Å². The molecule has 4 heteroatoms. The molecule has 0 spiro atoms. The zero-order valence-corrected chi connectivity index (χ0v) is 9.92. The van der Waals surface area contributed by atoms with Gasteiger partial charge in [-0.25, -0.2) is 0 Å². The molecule has 1 aromatic heterocycles. The summed E-state index contributed by atoms with van der Waals surface area (Å²) in [6.45, 7) is 7.65. The van der Waals surface area contributed by atoms with Crippen LogP contribution in [0.1, 0.15) is 9.75 Å². The molecular weight excluding hydrogens is 216 g/mol. The maximum absolute atomic E-state index is 6.03. The fourth-order valence-electron chi connectivity index (χ4n) is 1.69. The number of thiophene rings is 1. The molecule has 1 aromatic rings. The third kappa shape index (κ3) is 2.48. The fraction of sp³-hybridized carbons (Fsp3) is 0.600. The Morgan fingerprint density at radius 1 is 1.50 bits per heavy atom. The summed E-state index contributed by atoms with van der Waals surface area (Å²) in [5, 5.41) is 4.27. The van der Waals surface area contributed by atoms with Gasteiger partial charge in [0.25, 0.3) is 0 Å². The van der Waals surface area contributed by atoms with Crippen LogP contribution in [0.5, 0.6) is 0 Å². The highest BCUT2D eigenvalue weighted by Crippen LogP contribution is 2.26. The van der Waals surface area contributed by atoms with Gasteiger partial charge in [-0.3, -0.25) is 4.90 Å². The first kappa shape index (κ1) is 10.4. The highest BCUT2D eigenvalue weighted by Gasteiger charge is 2.11. The number of hydrogen-bond acceptors (Lipinski definition) is 3. The molecule has 0 radical (unpaired) electrons. The zero-order valence-electron chi connectivity index (χ0n) is 8.35. The second-order valence-corrected chi connectivity index (χ2v) is 5.39. The number of halogens is 1. The molecule has 1 aliphatic heterocycles. The van der Waals surface area contributed by atoms with E-state index >= 15 is 0 Å². The van der Waals surface area contributed by atoms with Crippen molar-refractivity contribution in [2.75, 3.05) is 26.2 Å². The standard InChI is InChI=1S/C10H15ClN2S/c1-8-10(11)6-9(14-8)7-13-4-2-12-3-5-13/h6,12H,2-5,7H2,1H3. The Morgan fingerprint density at radius 2 is 2.21 bits per heavy atom. The second-order valence-electron chi connectivity index (χ2n) is 3.64. The Labute approximate surface area is 93.9 Å². The average Bonchev–Trinajstić information content (AvgIpc) is 2.47. The van der Waals surface area contributed by atoms with E-state index in [2.05, 4.69) is 23.2 Å². The Morgan fingerprint density at radius 3 is 2.79 bits per heavy atom. The number of piperazine rings is 1. The minimum Gasteiger partial charge on any atom is -0.314 e. The largest absolute Gasteiger partial charge is 0.314 e. The van der Waals surface area contributed by atoms with Gasteiger partial charge in [0.15, 0.2) is 0 Å². The van der Waals surface area contributed by atoms with Gasteiger partial charge in [0.1, 0.15) is 0 Å². The molecule has 0 atom stereocenters. The van der Waals surface area contributed by atoms with E-state index in [9.17, 15) is 0 Å². The monoisotopic (exact) mass is 230 g/mol. The van der Waals surface area contributed by atoms with Crippen molar-refractivity contribution in [1.82, 2.24) is 10.2 Å². The first-order valence-electron chi connectivity index (χ1n) is 4.93. The van der Waals surface area contributed by atoms with E-state index in [1.165, 1.54) is 9.75 Å². The summed E-state index contributed by atoms with van der Waals surface area (Å²) in [4.78, 5) is 5.09. The first-order valence-corrected chi connectivity index (χ1v) is 6.13. The fourth-order valence-corrected chi connectivity index (χ4v) is 2.97. The molecular formula is C10H15ClN2S. The molecule has 0 bridgehead atoms. The maximum atomic E-state index is 6.03. The van der Waals surface area contributed by atoms with Crippen molar-refractivity contribution < 1.29 is 0 Å². The van der Waals surface area contributed by atoms with E-state index in [-0.39, 0.29) is 0 Å². The summed E-state index contributed by atoms with van der Waals surface area (Å²) < 4.78 is 0. The van der Waals surface area contributed by atoms with E-state index in [0.29, 0.717) is 0 Å². The van der Waals surface area contributed by atoms with Crippen LogP contribution in [-0.4, -0.2) is 31.1 Å². The van der Waals surface area contributed by atoms with E-state index < -0.39 is 0 Å². The highest BCUT2D eigenvalue weighted by atomic mass is 35.5. The highest BCUT2D eigenvalue weighted by molar-refractivity contribution is 7.12. The molecule has 1 fully saturated rings. The molecule has 0 amide bonds. The van der Waals surface area contributed by atoms with Gasteiger partial charge in [-0.2, -0.15) is 0 Å². The van der Waals surface area contributed by atoms with Gasteiger partial charge in [0, 0.05) is 42.5 Å². The summed E-state index contributed by atoms with van der Waals surface area (Å²) in [6.07, 6.45) is 0. The van der Waals surface area contributed by atoms with Gasteiger partial charge >= 0.3 is 0 Å². The van der Waals surface area contributed by atoms with Crippen molar-refractivity contribution in [2.24, 2.45) is 0 Å². The lowest BCUT2D eigenvalue weighted by molar-refractivity contribution is 0.235. The summed E-state index contributed by atoms with van der Waals surface area (Å²) in [5.74, 6) is 0. The summed E-state index contributed by atoms with van der Waals surface area (Å²) >= 11 is 7.84. The Hall–Kier alpha value is -0.0900. The molecule has 2 heterocycles. The van der Waals surface area contributed by atoms with E-state index in [1.54, 1.807) is 0 Å². The minimum atomic E-state index is 0.917. The third-order valence-corrected chi connectivity index (χ3v) is 4.04. The molecule has 0 saturated carbocycles. The lowest BCUT2D eigenvalue weighted by Gasteiger charge is -2.26. The van der Waals surface area contributed by atoms with Crippen LogP contribution in [0.4, 0.5) is 0 Å². The molecule has 1 N–H and O–H groups in total. The van der Waals surface area contributed by atoms with Crippen LogP contribution in [0, 0.1) is 6.92 Å². The number of rotatable bonds is 2. The van der Waals surface area contributed by atoms with Gasteiger partial charge in [-0.1, -0.05) is 11.6 Å². The van der Waals surface area contributed by atoms with Crippen LogP contribution in [0.25, 0.3) is 0 Å². The van der Waals surface area contributed by atoms with Crippen LogP contribution in [0.15, 0.2) is 6.07 Å². The molecule has 0 unspecified atom stereocenters. The summed E-state index contributed by atoms with van der Waals surface area (Å²) in [5.41, 5.74) is 0. The normalized spacial score (nSPS) is 18.7. The van der Waals surface area contributed by atoms with Crippen molar-refractivity contribution in [1.29, 1.82) is 0 Å². The quantitative estimate of drug-likeness (QED) is 0.838. The Bertz CT molecular complexity index is 286. The van der Waals surface area contributed by atoms with E-state index in [0.717, 1.165) is 37.7 Å². The predicted molar refractivity (Wildman–Crippen MR) is 62.2 cm³/mol. The number of nitrogens with one attached hydrogen (secondary N) is 1.